The molecule has 0 unspecified atom stereocenters. The van der Waals surface area contributed by atoms with E-state index in [9.17, 15) is 4.79 Å². The Bertz CT molecular complexity index is 398. The van der Waals surface area contributed by atoms with Crippen LogP contribution in [0.2, 0.25) is 5.15 Å². The molecule has 1 aliphatic rings. The summed E-state index contributed by atoms with van der Waals surface area (Å²) in [4.78, 5) is 16.2. The summed E-state index contributed by atoms with van der Waals surface area (Å²) >= 11 is 5.75. The number of hydrogen-bond acceptors (Lipinski definition) is 3. The number of Topliss-reactive ketones (excluding diaryl/α,β-unsaturated/α-hetero) is 1. The van der Waals surface area contributed by atoms with Crippen molar-refractivity contribution in [1.82, 2.24) is 4.98 Å². The van der Waals surface area contributed by atoms with Gasteiger partial charge in [-0.3, -0.25) is 4.79 Å². The molecule has 17 heavy (non-hydrogen) atoms. The van der Waals surface area contributed by atoms with E-state index in [0.29, 0.717) is 24.0 Å². The summed E-state index contributed by atoms with van der Waals surface area (Å²) in [6.07, 6.45) is 4.96. The fourth-order valence-electron chi connectivity index (χ4n) is 2.13. The van der Waals surface area contributed by atoms with E-state index < -0.39 is 0 Å². The summed E-state index contributed by atoms with van der Waals surface area (Å²) in [5.74, 6) is 0.304. The third-order valence-corrected chi connectivity index (χ3v) is 3.54. The SMILES string of the molecule is COCCCC(=O)C1(c2ccc(Cl)nc2)CC1. The molecule has 1 fully saturated rings. The molecule has 1 saturated carbocycles. The van der Waals surface area contributed by atoms with Gasteiger partial charge in [0.1, 0.15) is 10.9 Å². The average molecular weight is 254 g/mol. The molecule has 0 bridgehead atoms. The second-order valence-corrected chi connectivity index (χ2v) is 4.86. The highest BCUT2D eigenvalue weighted by atomic mass is 35.5. The van der Waals surface area contributed by atoms with Crippen molar-refractivity contribution < 1.29 is 9.53 Å². The van der Waals surface area contributed by atoms with Crippen LogP contribution in [0.1, 0.15) is 31.2 Å². The number of aromatic nitrogens is 1. The Hall–Kier alpha value is -0.930. The van der Waals surface area contributed by atoms with Gasteiger partial charge in [0, 0.05) is 26.3 Å². The molecule has 0 amide bonds. The van der Waals surface area contributed by atoms with Gasteiger partial charge in [0.15, 0.2) is 0 Å². The summed E-state index contributed by atoms with van der Waals surface area (Å²) in [5.41, 5.74) is 0.732. The molecule has 0 spiro atoms. The van der Waals surface area contributed by atoms with Crippen LogP contribution in [0.4, 0.5) is 0 Å². The quantitative estimate of drug-likeness (QED) is 0.578. The van der Waals surface area contributed by atoms with Gasteiger partial charge in [-0.25, -0.2) is 4.98 Å². The van der Waals surface area contributed by atoms with Gasteiger partial charge in [-0.1, -0.05) is 17.7 Å². The van der Waals surface area contributed by atoms with Crippen LogP contribution >= 0.6 is 11.6 Å². The summed E-state index contributed by atoms with van der Waals surface area (Å²) in [6, 6.07) is 3.66. The van der Waals surface area contributed by atoms with Gasteiger partial charge in [0.05, 0.1) is 5.41 Å². The zero-order valence-corrected chi connectivity index (χ0v) is 10.7. The van der Waals surface area contributed by atoms with Crippen LogP contribution in [0.15, 0.2) is 18.3 Å². The molecule has 0 atom stereocenters. The van der Waals surface area contributed by atoms with Crippen LogP contribution in [0, 0.1) is 0 Å². The number of pyridine rings is 1. The maximum Gasteiger partial charge on any atom is 0.143 e. The van der Waals surface area contributed by atoms with Gasteiger partial charge in [-0.15, -0.1) is 0 Å². The first-order valence-corrected chi connectivity index (χ1v) is 6.21. The standard InChI is InChI=1S/C13H16ClNO2/c1-17-8-2-3-11(16)13(6-7-13)10-4-5-12(14)15-9-10/h4-5,9H,2-3,6-8H2,1H3. The van der Waals surface area contributed by atoms with Gasteiger partial charge >= 0.3 is 0 Å². The molecule has 0 aliphatic heterocycles. The third-order valence-electron chi connectivity index (χ3n) is 3.32. The number of nitrogens with zero attached hydrogens (tertiary/aromatic N) is 1. The van der Waals surface area contributed by atoms with Gasteiger partial charge in [0.2, 0.25) is 0 Å². The highest BCUT2D eigenvalue weighted by Crippen LogP contribution is 2.49. The first-order chi connectivity index (χ1) is 8.19. The first-order valence-electron chi connectivity index (χ1n) is 5.83. The normalized spacial score (nSPS) is 16.8. The lowest BCUT2D eigenvalue weighted by molar-refractivity contribution is -0.121. The first kappa shape index (κ1) is 12.5. The molecule has 0 aromatic carbocycles. The molecular weight excluding hydrogens is 238 g/mol. The monoisotopic (exact) mass is 253 g/mol. The largest absolute Gasteiger partial charge is 0.385 e. The number of hydrogen-bond donors (Lipinski definition) is 0. The zero-order valence-electron chi connectivity index (χ0n) is 9.91. The number of rotatable bonds is 6. The smallest absolute Gasteiger partial charge is 0.143 e. The topological polar surface area (TPSA) is 39.2 Å². The minimum Gasteiger partial charge on any atom is -0.385 e. The predicted molar refractivity (Wildman–Crippen MR) is 66.3 cm³/mol. The lowest BCUT2D eigenvalue weighted by Gasteiger charge is -2.13. The second-order valence-electron chi connectivity index (χ2n) is 4.47. The number of carbonyl (C=O) groups is 1. The van der Waals surface area contributed by atoms with Crippen LogP contribution < -0.4 is 0 Å². The lowest BCUT2D eigenvalue weighted by Crippen LogP contribution is -2.20. The molecule has 1 aromatic heterocycles. The Morgan fingerprint density at radius 3 is 2.82 bits per heavy atom. The minimum atomic E-state index is -0.272. The Balaban J connectivity index is 2.03. The Labute approximate surface area is 106 Å². The molecule has 0 saturated heterocycles. The molecule has 2 rings (SSSR count). The van der Waals surface area contributed by atoms with Crippen molar-refractivity contribution >= 4 is 17.4 Å². The highest BCUT2D eigenvalue weighted by molar-refractivity contribution is 6.29. The van der Waals surface area contributed by atoms with E-state index in [1.165, 1.54) is 0 Å². The maximum absolute atomic E-state index is 12.2. The molecule has 1 aromatic rings. The Kier molecular flexibility index (Phi) is 3.79. The van der Waals surface area contributed by atoms with E-state index >= 15 is 0 Å². The number of halogens is 1. The maximum atomic E-state index is 12.2. The van der Waals surface area contributed by atoms with E-state index in [-0.39, 0.29) is 5.41 Å². The molecule has 92 valence electrons. The second kappa shape index (κ2) is 5.15. The van der Waals surface area contributed by atoms with E-state index in [4.69, 9.17) is 16.3 Å². The van der Waals surface area contributed by atoms with Gasteiger partial charge in [-0.2, -0.15) is 0 Å². The molecule has 1 aliphatic carbocycles. The molecule has 0 radical (unpaired) electrons. The molecule has 4 heteroatoms. The van der Waals surface area contributed by atoms with Crippen LogP contribution in [0.3, 0.4) is 0 Å². The number of ether oxygens (including phenoxy) is 1. The fraction of sp³-hybridized carbons (Fsp3) is 0.538. The molecule has 0 N–H and O–H groups in total. The van der Waals surface area contributed by atoms with Crippen molar-refractivity contribution in [2.24, 2.45) is 0 Å². The van der Waals surface area contributed by atoms with Gasteiger partial charge < -0.3 is 4.74 Å². The van der Waals surface area contributed by atoms with Crippen molar-refractivity contribution in [2.75, 3.05) is 13.7 Å². The third kappa shape index (κ3) is 2.67. The van der Waals surface area contributed by atoms with Crippen LogP contribution in [0.5, 0.6) is 0 Å². The van der Waals surface area contributed by atoms with Crippen molar-refractivity contribution in [2.45, 2.75) is 31.1 Å². The predicted octanol–water partition coefficient (Wildman–Crippen LogP) is 2.76. The van der Waals surface area contributed by atoms with Gasteiger partial charge in [-0.05, 0) is 30.9 Å². The van der Waals surface area contributed by atoms with E-state index in [0.717, 1.165) is 24.8 Å². The summed E-state index contributed by atoms with van der Waals surface area (Å²) < 4.78 is 4.96. The van der Waals surface area contributed by atoms with Crippen molar-refractivity contribution in [3.63, 3.8) is 0 Å². The number of carbonyl (C=O) groups excluding carboxylic acids is 1. The van der Waals surface area contributed by atoms with E-state index in [1.807, 2.05) is 6.07 Å². The number of ketones is 1. The Morgan fingerprint density at radius 1 is 1.53 bits per heavy atom. The van der Waals surface area contributed by atoms with Crippen LogP contribution in [-0.4, -0.2) is 24.5 Å². The van der Waals surface area contributed by atoms with Crippen LogP contribution in [0.25, 0.3) is 0 Å². The zero-order chi connectivity index (χ0) is 12.3. The van der Waals surface area contributed by atoms with E-state index in [1.54, 1.807) is 19.4 Å². The summed E-state index contributed by atoms with van der Waals surface area (Å²) in [5, 5.41) is 0.469. The Morgan fingerprint density at radius 2 is 2.29 bits per heavy atom. The van der Waals surface area contributed by atoms with Crippen molar-refractivity contribution in [1.29, 1.82) is 0 Å². The molecule has 1 heterocycles. The lowest BCUT2D eigenvalue weighted by atomic mass is 9.90. The van der Waals surface area contributed by atoms with Crippen molar-refractivity contribution in [3.05, 3.63) is 29.0 Å². The summed E-state index contributed by atoms with van der Waals surface area (Å²) in [6.45, 7) is 0.640. The van der Waals surface area contributed by atoms with Crippen LogP contribution in [-0.2, 0) is 14.9 Å². The molecule has 3 nitrogen and oxygen atoms in total. The van der Waals surface area contributed by atoms with E-state index in [2.05, 4.69) is 4.98 Å². The molecular formula is C13H16ClNO2. The number of methoxy groups -OCH3 is 1. The van der Waals surface area contributed by atoms with Gasteiger partial charge in [0.25, 0.3) is 0 Å². The van der Waals surface area contributed by atoms with Crippen molar-refractivity contribution in [3.8, 4) is 0 Å². The minimum absolute atomic E-state index is 0.272. The average Bonchev–Trinajstić information content (AvgIpc) is 3.11. The fourth-order valence-corrected chi connectivity index (χ4v) is 2.24. The highest BCUT2D eigenvalue weighted by Gasteiger charge is 2.50. The summed E-state index contributed by atoms with van der Waals surface area (Å²) in [7, 11) is 1.65.